The molecular weight excluding hydrogens is 382 g/mol. The molecule has 3 rings (SSSR count). The van der Waals surface area contributed by atoms with E-state index < -0.39 is 6.03 Å². The highest BCUT2D eigenvalue weighted by Crippen LogP contribution is 2.28. The lowest BCUT2D eigenvalue weighted by Crippen LogP contribution is -2.33. The molecule has 2 aromatic carbocycles. The lowest BCUT2D eigenvalue weighted by atomic mass is 10.1. The van der Waals surface area contributed by atoms with E-state index in [4.69, 9.17) is 16.3 Å². The molecule has 1 aliphatic rings. The maximum absolute atomic E-state index is 12.5. The number of anilines is 2. The van der Waals surface area contributed by atoms with Gasteiger partial charge in [-0.05, 0) is 42.3 Å². The second kappa shape index (κ2) is 7.90. The van der Waals surface area contributed by atoms with Crippen LogP contribution in [0.2, 0.25) is 5.02 Å². The van der Waals surface area contributed by atoms with Gasteiger partial charge in [0.25, 0.3) is 11.8 Å². The third-order valence-corrected chi connectivity index (χ3v) is 4.48. The van der Waals surface area contributed by atoms with Crippen LogP contribution < -0.4 is 15.4 Å². The van der Waals surface area contributed by atoms with E-state index >= 15 is 0 Å². The van der Waals surface area contributed by atoms with Gasteiger partial charge in [-0.2, -0.15) is 0 Å². The summed E-state index contributed by atoms with van der Waals surface area (Å²) in [5.74, 6) is 0.0135. The molecule has 2 aromatic rings. The minimum Gasteiger partial charge on any atom is -0.495 e. The number of urea groups is 1. The zero-order chi connectivity index (χ0) is 20.4. The van der Waals surface area contributed by atoms with Crippen molar-refractivity contribution in [2.45, 2.75) is 13.8 Å². The van der Waals surface area contributed by atoms with Gasteiger partial charge in [0, 0.05) is 17.9 Å². The second-order valence-corrected chi connectivity index (χ2v) is 7.21. The van der Waals surface area contributed by atoms with Crippen molar-refractivity contribution in [3.63, 3.8) is 0 Å². The molecule has 7 nitrogen and oxygen atoms in total. The normalized spacial score (nSPS) is 13.0. The van der Waals surface area contributed by atoms with E-state index in [1.807, 2.05) is 13.8 Å². The van der Waals surface area contributed by atoms with E-state index in [1.165, 1.54) is 18.1 Å². The van der Waals surface area contributed by atoms with Gasteiger partial charge in [-0.15, -0.1) is 0 Å². The Kier molecular flexibility index (Phi) is 5.56. The number of rotatable bonds is 5. The number of benzene rings is 2. The molecule has 0 saturated carbocycles. The number of nitrogens with one attached hydrogen (secondary N) is 2. The van der Waals surface area contributed by atoms with Crippen LogP contribution in [0.1, 0.15) is 34.6 Å². The SMILES string of the molecule is COc1ccc(NC(=O)Nc2ccc3c(c2)C(=O)N(CC(C)C)C3=O)cc1Cl. The van der Waals surface area contributed by atoms with Crippen molar-refractivity contribution in [2.75, 3.05) is 24.3 Å². The van der Waals surface area contributed by atoms with Crippen molar-refractivity contribution in [1.82, 2.24) is 4.90 Å². The highest BCUT2D eigenvalue weighted by atomic mass is 35.5. The molecule has 1 heterocycles. The summed E-state index contributed by atoms with van der Waals surface area (Å²) in [4.78, 5) is 38.4. The summed E-state index contributed by atoms with van der Waals surface area (Å²) in [5.41, 5.74) is 1.52. The molecule has 0 aliphatic carbocycles. The van der Waals surface area contributed by atoms with E-state index in [9.17, 15) is 14.4 Å². The number of ether oxygens (including phenoxy) is 1. The predicted molar refractivity (Wildman–Crippen MR) is 107 cm³/mol. The number of hydrogen-bond acceptors (Lipinski definition) is 4. The largest absolute Gasteiger partial charge is 0.495 e. The Hall–Kier alpha value is -3.06. The van der Waals surface area contributed by atoms with Crippen molar-refractivity contribution in [3.05, 3.63) is 52.5 Å². The summed E-state index contributed by atoms with van der Waals surface area (Å²) in [6.07, 6.45) is 0. The molecule has 0 fully saturated rings. The number of methoxy groups -OCH3 is 1. The number of hydrogen-bond donors (Lipinski definition) is 2. The van der Waals surface area contributed by atoms with E-state index in [2.05, 4.69) is 10.6 Å². The number of halogens is 1. The van der Waals surface area contributed by atoms with Crippen LogP contribution in [0.15, 0.2) is 36.4 Å². The van der Waals surface area contributed by atoms with Crippen LogP contribution in [-0.4, -0.2) is 36.4 Å². The highest BCUT2D eigenvalue weighted by Gasteiger charge is 2.35. The summed E-state index contributed by atoms with van der Waals surface area (Å²) >= 11 is 6.05. The van der Waals surface area contributed by atoms with Crippen molar-refractivity contribution < 1.29 is 19.1 Å². The molecule has 1 aliphatic heterocycles. The Bertz CT molecular complexity index is 958. The molecule has 0 radical (unpaired) electrons. The summed E-state index contributed by atoms with van der Waals surface area (Å²) in [5, 5.41) is 5.67. The zero-order valence-electron chi connectivity index (χ0n) is 15.7. The predicted octanol–water partition coefficient (Wildman–Crippen LogP) is 4.24. The first-order valence-electron chi connectivity index (χ1n) is 8.72. The number of imide groups is 1. The first-order valence-corrected chi connectivity index (χ1v) is 9.09. The lowest BCUT2D eigenvalue weighted by molar-refractivity contribution is 0.0636. The number of amides is 4. The van der Waals surface area contributed by atoms with E-state index in [-0.39, 0.29) is 23.3 Å². The molecule has 0 atom stereocenters. The maximum atomic E-state index is 12.5. The highest BCUT2D eigenvalue weighted by molar-refractivity contribution is 6.32. The van der Waals surface area contributed by atoms with Gasteiger partial charge in [-0.3, -0.25) is 14.5 Å². The van der Waals surface area contributed by atoms with Gasteiger partial charge in [0.05, 0.1) is 23.3 Å². The molecule has 146 valence electrons. The average molecular weight is 402 g/mol. The van der Waals surface area contributed by atoms with Crippen LogP contribution in [0, 0.1) is 5.92 Å². The van der Waals surface area contributed by atoms with Crippen LogP contribution in [0.3, 0.4) is 0 Å². The molecule has 0 aromatic heterocycles. The summed E-state index contributed by atoms with van der Waals surface area (Å²) in [6.45, 7) is 4.23. The molecule has 28 heavy (non-hydrogen) atoms. The zero-order valence-corrected chi connectivity index (χ0v) is 16.5. The van der Waals surface area contributed by atoms with Gasteiger partial charge in [-0.1, -0.05) is 25.4 Å². The number of fused-ring (bicyclic) bond motifs is 1. The van der Waals surface area contributed by atoms with Crippen LogP contribution in [0.5, 0.6) is 5.75 Å². The third kappa shape index (κ3) is 3.94. The number of carbonyl (C=O) groups excluding carboxylic acids is 3. The Morgan fingerprint density at radius 1 is 1.04 bits per heavy atom. The van der Waals surface area contributed by atoms with E-state index in [0.717, 1.165) is 0 Å². The van der Waals surface area contributed by atoms with Crippen LogP contribution in [-0.2, 0) is 0 Å². The van der Waals surface area contributed by atoms with Gasteiger partial charge in [0.2, 0.25) is 0 Å². The van der Waals surface area contributed by atoms with Crippen molar-refractivity contribution in [1.29, 1.82) is 0 Å². The van der Waals surface area contributed by atoms with E-state index in [0.29, 0.717) is 34.3 Å². The Balaban J connectivity index is 1.72. The smallest absolute Gasteiger partial charge is 0.323 e. The topological polar surface area (TPSA) is 87.7 Å². The third-order valence-electron chi connectivity index (χ3n) is 4.19. The summed E-state index contributed by atoms with van der Waals surface area (Å²) in [7, 11) is 1.50. The number of nitrogens with zero attached hydrogens (tertiary/aromatic N) is 1. The fourth-order valence-electron chi connectivity index (χ4n) is 2.94. The van der Waals surface area contributed by atoms with E-state index in [1.54, 1.807) is 30.3 Å². The van der Waals surface area contributed by atoms with Crippen LogP contribution in [0.4, 0.5) is 16.2 Å². The van der Waals surface area contributed by atoms with Gasteiger partial charge >= 0.3 is 6.03 Å². The quantitative estimate of drug-likeness (QED) is 0.733. The minimum atomic E-state index is -0.503. The average Bonchev–Trinajstić information content (AvgIpc) is 2.86. The standard InChI is InChI=1S/C20H20ClN3O4/c1-11(2)10-24-18(25)14-6-4-12(8-15(14)19(24)26)22-20(27)23-13-5-7-17(28-3)16(21)9-13/h4-9,11H,10H2,1-3H3,(H2,22,23,27). The van der Waals surface area contributed by atoms with Gasteiger partial charge < -0.3 is 15.4 Å². The first-order chi connectivity index (χ1) is 13.3. The molecular formula is C20H20ClN3O4. The molecule has 4 amide bonds. The summed E-state index contributed by atoms with van der Waals surface area (Å²) in [6, 6.07) is 9.00. The molecule has 8 heteroatoms. The summed E-state index contributed by atoms with van der Waals surface area (Å²) < 4.78 is 5.07. The maximum Gasteiger partial charge on any atom is 0.323 e. The molecule has 0 spiro atoms. The molecule has 0 bridgehead atoms. The van der Waals surface area contributed by atoms with Crippen LogP contribution in [0.25, 0.3) is 0 Å². The van der Waals surface area contributed by atoms with Gasteiger partial charge in [0.1, 0.15) is 5.75 Å². The minimum absolute atomic E-state index is 0.168. The first kappa shape index (κ1) is 19.7. The second-order valence-electron chi connectivity index (χ2n) is 6.80. The number of carbonyl (C=O) groups is 3. The fourth-order valence-corrected chi connectivity index (χ4v) is 3.19. The van der Waals surface area contributed by atoms with Crippen LogP contribution >= 0.6 is 11.6 Å². The van der Waals surface area contributed by atoms with Gasteiger partial charge in [0.15, 0.2) is 0 Å². The fraction of sp³-hybridized carbons (Fsp3) is 0.250. The van der Waals surface area contributed by atoms with Crippen molar-refractivity contribution in [2.24, 2.45) is 5.92 Å². The Morgan fingerprint density at radius 3 is 2.25 bits per heavy atom. The van der Waals surface area contributed by atoms with Crippen molar-refractivity contribution in [3.8, 4) is 5.75 Å². The van der Waals surface area contributed by atoms with Crippen molar-refractivity contribution >= 4 is 40.8 Å². The van der Waals surface area contributed by atoms with Gasteiger partial charge in [-0.25, -0.2) is 4.79 Å². The monoisotopic (exact) mass is 401 g/mol. The Labute approximate surface area is 167 Å². The molecule has 0 saturated heterocycles. The Morgan fingerprint density at radius 2 is 1.64 bits per heavy atom. The molecule has 2 N–H and O–H groups in total. The molecule has 0 unspecified atom stereocenters. The lowest BCUT2D eigenvalue weighted by Gasteiger charge is -2.15.